The number of hydrogen-bond donors (Lipinski definition) is 1. The quantitative estimate of drug-likeness (QED) is 0.557. The fraction of sp³-hybridized carbons (Fsp3) is 0.348. The van der Waals surface area contributed by atoms with Crippen molar-refractivity contribution >= 4 is 20.9 Å². The topological polar surface area (TPSA) is 97.9 Å². The van der Waals surface area contributed by atoms with E-state index in [1.165, 1.54) is 23.5 Å². The van der Waals surface area contributed by atoms with E-state index in [4.69, 9.17) is 14.2 Å². The predicted octanol–water partition coefficient (Wildman–Crippen LogP) is 2.92. The molecule has 3 aromatic rings. The Kier molecular flexibility index (Phi) is 6.50. The van der Waals surface area contributed by atoms with Gasteiger partial charge in [-0.05, 0) is 61.4 Å². The van der Waals surface area contributed by atoms with Gasteiger partial charge in [-0.2, -0.15) is 4.31 Å². The molecule has 2 heterocycles. The van der Waals surface area contributed by atoms with Crippen molar-refractivity contribution < 1.29 is 22.6 Å². The van der Waals surface area contributed by atoms with Crippen LogP contribution in [0.5, 0.6) is 11.5 Å². The fourth-order valence-corrected chi connectivity index (χ4v) is 5.27. The van der Waals surface area contributed by atoms with Crippen LogP contribution in [0.25, 0.3) is 10.9 Å². The Balaban J connectivity index is 1.71. The number of aromatic amines is 1. The summed E-state index contributed by atoms with van der Waals surface area (Å²) in [6.07, 6.45) is 1.46. The maximum atomic E-state index is 13.5. The van der Waals surface area contributed by atoms with Crippen LogP contribution >= 0.6 is 0 Å². The standard InChI is InChI=1S/C23H26N2O6S/c1-29-18-5-8-21(9-6-18)32(27,28)25(15-20-4-3-11-31-20)14-17-12-16-13-19(30-2)7-10-22(16)24-23(17)26/h5-10,12-13,20H,3-4,11,14-15H2,1-2H3,(H,24,26)/t20-/m1/s1. The van der Waals surface area contributed by atoms with Gasteiger partial charge < -0.3 is 19.2 Å². The molecule has 0 bridgehead atoms. The second-order valence-corrected chi connectivity index (χ2v) is 9.62. The highest BCUT2D eigenvalue weighted by atomic mass is 32.2. The fourth-order valence-electron chi connectivity index (χ4n) is 3.82. The number of aromatic nitrogens is 1. The second-order valence-electron chi connectivity index (χ2n) is 7.68. The number of nitrogens with zero attached hydrogens (tertiary/aromatic N) is 1. The molecular weight excluding hydrogens is 432 g/mol. The Morgan fingerprint density at radius 3 is 2.44 bits per heavy atom. The van der Waals surface area contributed by atoms with Crippen LogP contribution in [-0.2, 0) is 21.3 Å². The number of fused-ring (bicyclic) bond motifs is 1. The molecule has 1 aliphatic rings. The molecule has 1 aromatic heterocycles. The molecule has 32 heavy (non-hydrogen) atoms. The number of sulfonamides is 1. The van der Waals surface area contributed by atoms with Gasteiger partial charge in [0.05, 0.1) is 25.2 Å². The van der Waals surface area contributed by atoms with Crippen LogP contribution in [0.1, 0.15) is 18.4 Å². The van der Waals surface area contributed by atoms with Crippen molar-refractivity contribution in [3.63, 3.8) is 0 Å². The lowest BCUT2D eigenvalue weighted by Gasteiger charge is -2.25. The van der Waals surface area contributed by atoms with Gasteiger partial charge in [0.1, 0.15) is 11.5 Å². The number of hydrogen-bond acceptors (Lipinski definition) is 6. The van der Waals surface area contributed by atoms with E-state index in [0.717, 1.165) is 18.2 Å². The molecule has 1 fully saturated rings. The molecule has 0 saturated carbocycles. The van der Waals surface area contributed by atoms with Crippen molar-refractivity contribution in [2.75, 3.05) is 27.4 Å². The summed E-state index contributed by atoms with van der Waals surface area (Å²) in [6, 6.07) is 13.3. The summed E-state index contributed by atoms with van der Waals surface area (Å²) in [6.45, 7) is 0.706. The molecule has 4 rings (SSSR count). The average Bonchev–Trinajstić information content (AvgIpc) is 3.32. The third-order valence-corrected chi connectivity index (χ3v) is 7.43. The Morgan fingerprint density at radius 2 is 1.78 bits per heavy atom. The summed E-state index contributed by atoms with van der Waals surface area (Å²) in [4.78, 5) is 15.7. The van der Waals surface area contributed by atoms with Crippen LogP contribution in [0.15, 0.2) is 58.2 Å². The molecule has 2 aromatic carbocycles. The Hall–Kier alpha value is -2.88. The van der Waals surface area contributed by atoms with Crippen molar-refractivity contribution in [1.29, 1.82) is 0 Å². The minimum absolute atomic E-state index is 0.0727. The van der Waals surface area contributed by atoms with Crippen LogP contribution in [0.4, 0.5) is 0 Å². The smallest absolute Gasteiger partial charge is 0.252 e. The van der Waals surface area contributed by atoms with Crippen LogP contribution < -0.4 is 15.0 Å². The van der Waals surface area contributed by atoms with Gasteiger partial charge in [0.25, 0.3) is 5.56 Å². The van der Waals surface area contributed by atoms with E-state index in [0.29, 0.717) is 29.2 Å². The zero-order chi connectivity index (χ0) is 22.7. The van der Waals surface area contributed by atoms with Crippen LogP contribution in [-0.4, -0.2) is 51.2 Å². The molecule has 0 aliphatic carbocycles. The van der Waals surface area contributed by atoms with Crippen molar-refractivity contribution in [1.82, 2.24) is 9.29 Å². The molecule has 0 spiro atoms. The lowest BCUT2D eigenvalue weighted by molar-refractivity contribution is 0.0925. The van der Waals surface area contributed by atoms with E-state index in [1.807, 2.05) is 0 Å². The first kappa shape index (κ1) is 22.3. The highest BCUT2D eigenvalue weighted by Gasteiger charge is 2.30. The Bertz CT molecular complexity index is 1250. The van der Waals surface area contributed by atoms with Gasteiger partial charge in [-0.15, -0.1) is 0 Å². The van der Waals surface area contributed by atoms with Gasteiger partial charge in [0, 0.05) is 36.2 Å². The van der Waals surface area contributed by atoms with Crippen molar-refractivity contribution in [2.24, 2.45) is 0 Å². The van der Waals surface area contributed by atoms with E-state index in [1.54, 1.807) is 43.5 Å². The predicted molar refractivity (Wildman–Crippen MR) is 121 cm³/mol. The first-order chi connectivity index (χ1) is 15.4. The normalized spacial score (nSPS) is 16.5. The molecule has 1 N–H and O–H groups in total. The molecule has 170 valence electrons. The maximum absolute atomic E-state index is 13.5. The summed E-state index contributed by atoms with van der Waals surface area (Å²) in [5.74, 6) is 1.21. The van der Waals surface area contributed by atoms with E-state index >= 15 is 0 Å². The lowest BCUT2D eigenvalue weighted by Crippen LogP contribution is -2.38. The summed E-state index contributed by atoms with van der Waals surface area (Å²) in [5, 5.41) is 0.762. The largest absolute Gasteiger partial charge is 0.497 e. The van der Waals surface area contributed by atoms with E-state index in [9.17, 15) is 13.2 Å². The molecular formula is C23H26N2O6S. The number of methoxy groups -OCH3 is 2. The molecule has 0 radical (unpaired) electrons. The Morgan fingerprint density at radius 1 is 1.06 bits per heavy atom. The summed E-state index contributed by atoms with van der Waals surface area (Å²) in [7, 11) is -0.784. The number of pyridine rings is 1. The SMILES string of the molecule is COc1ccc(S(=O)(=O)N(Cc2cc3cc(OC)ccc3[nH]c2=O)C[C@H]2CCCO2)cc1. The molecule has 1 saturated heterocycles. The van der Waals surface area contributed by atoms with Gasteiger partial charge in [0.15, 0.2) is 0 Å². The zero-order valence-corrected chi connectivity index (χ0v) is 18.9. The summed E-state index contributed by atoms with van der Waals surface area (Å²) >= 11 is 0. The third kappa shape index (κ3) is 4.64. The van der Waals surface area contributed by atoms with Gasteiger partial charge in [-0.1, -0.05) is 0 Å². The minimum atomic E-state index is -3.87. The van der Waals surface area contributed by atoms with Crippen molar-refractivity contribution in [3.8, 4) is 11.5 Å². The van der Waals surface area contributed by atoms with Gasteiger partial charge in [-0.25, -0.2) is 8.42 Å². The summed E-state index contributed by atoms with van der Waals surface area (Å²) in [5.41, 5.74) is 0.675. The minimum Gasteiger partial charge on any atom is -0.497 e. The Labute approximate surface area is 186 Å². The molecule has 1 atom stereocenters. The van der Waals surface area contributed by atoms with Gasteiger partial charge in [0.2, 0.25) is 10.0 Å². The van der Waals surface area contributed by atoms with E-state index < -0.39 is 10.0 Å². The number of rotatable bonds is 8. The maximum Gasteiger partial charge on any atom is 0.252 e. The zero-order valence-electron chi connectivity index (χ0n) is 18.0. The highest BCUT2D eigenvalue weighted by Crippen LogP contribution is 2.25. The monoisotopic (exact) mass is 458 g/mol. The van der Waals surface area contributed by atoms with Crippen molar-refractivity contribution in [2.45, 2.75) is 30.4 Å². The second kappa shape index (κ2) is 9.32. The highest BCUT2D eigenvalue weighted by molar-refractivity contribution is 7.89. The van der Waals surface area contributed by atoms with Crippen LogP contribution in [0.2, 0.25) is 0 Å². The molecule has 1 aliphatic heterocycles. The van der Waals surface area contributed by atoms with Crippen molar-refractivity contribution in [3.05, 3.63) is 64.4 Å². The molecule has 9 heteroatoms. The average molecular weight is 459 g/mol. The third-order valence-electron chi connectivity index (χ3n) is 5.60. The number of nitrogens with one attached hydrogen (secondary N) is 1. The summed E-state index contributed by atoms with van der Waals surface area (Å²) < 4.78 is 44.4. The first-order valence-electron chi connectivity index (χ1n) is 10.4. The number of H-pyrrole nitrogens is 1. The number of ether oxygens (including phenoxy) is 3. The van der Waals surface area contributed by atoms with Gasteiger partial charge in [-0.3, -0.25) is 4.79 Å². The van der Waals surface area contributed by atoms with Crippen LogP contribution in [0, 0.1) is 0 Å². The molecule has 8 nitrogen and oxygen atoms in total. The van der Waals surface area contributed by atoms with E-state index in [2.05, 4.69) is 4.98 Å². The van der Waals surface area contributed by atoms with Crippen LogP contribution in [0.3, 0.4) is 0 Å². The van der Waals surface area contributed by atoms with E-state index in [-0.39, 0.29) is 29.6 Å². The molecule has 0 amide bonds. The first-order valence-corrected chi connectivity index (χ1v) is 11.8. The molecule has 0 unspecified atom stereocenters. The van der Waals surface area contributed by atoms with Gasteiger partial charge >= 0.3 is 0 Å². The number of benzene rings is 2. The lowest BCUT2D eigenvalue weighted by atomic mass is 10.1.